The molecule has 0 spiro atoms. The van der Waals surface area contributed by atoms with E-state index < -0.39 is 12.7 Å². The normalized spacial score (nSPS) is 12.0. The molecule has 0 bridgehead atoms. The SMILES string of the molecule is Oc1cnn(CC(F)(F)F)c1Br. The first-order chi connectivity index (χ1) is 5.40. The molecule has 1 aromatic rings. The Morgan fingerprint density at radius 1 is 1.58 bits per heavy atom. The average Bonchev–Trinajstić information content (AvgIpc) is 2.16. The third kappa shape index (κ3) is 2.13. The summed E-state index contributed by atoms with van der Waals surface area (Å²) < 4.78 is 35.9. The van der Waals surface area contributed by atoms with Gasteiger partial charge in [-0.25, -0.2) is 4.68 Å². The van der Waals surface area contributed by atoms with Crippen molar-refractivity contribution in [2.24, 2.45) is 0 Å². The Kier molecular flexibility index (Phi) is 2.31. The van der Waals surface area contributed by atoms with Gasteiger partial charge in [-0.05, 0) is 15.9 Å². The molecular formula is C5H4BrF3N2O. The van der Waals surface area contributed by atoms with Crippen molar-refractivity contribution in [2.45, 2.75) is 12.7 Å². The van der Waals surface area contributed by atoms with Gasteiger partial charge < -0.3 is 5.11 Å². The van der Waals surface area contributed by atoms with Crippen LogP contribution in [0.15, 0.2) is 10.8 Å². The second kappa shape index (κ2) is 2.96. The summed E-state index contributed by atoms with van der Waals surface area (Å²) in [6, 6.07) is 0. The maximum absolute atomic E-state index is 11.8. The van der Waals surface area contributed by atoms with E-state index >= 15 is 0 Å². The first-order valence-corrected chi connectivity index (χ1v) is 3.66. The number of alkyl halides is 3. The lowest BCUT2D eigenvalue weighted by Gasteiger charge is -2.06. The van der Waals surface area contributed by atoms with E-state index in [1.807, 2.05) is 0 Å². The standard InChI is InChI=1S/C5H4BrF3N2O/c6-4-3(12)1-10-11(4)2-5(7,8)9/h1,12H,2H2. The lowest BCUT2D eigenvalue weighted by Crippen LogP contribution is -2.18. The van der Waals surface area contributed by atoms with Crippen LogP contribution >= 0.6 is 15.9 Å². The first-order valence-electron chi connectivity index (χ1n) is 2.87. The van der Waals surface area contributed by atoms with Crippen LogP contribution in [-0.4, -0.2) is 21.1 Å². The van der Waals surface area contributed by atoms with Crippen LogP contribution in [0.5, 0.6) is 5.75 Å². The molecule has 0 aliphatic heterocycles. The highest BCUT2D eigenvalue weighted by molar-refractivity contribution is 9.10. The second-order valence-corrected chi connectivity index (χ2v) is 2.84. The summed E-state index contributed by atoms with van der Waals surface area (Å²) in [5, 5.41) is 12.1. The zero-order chi connectivity index (χ0) is 9.35. The van der Waals surface area contributed by atoms with Crippen molar-refractivity contribution in [3.8, 4) is 5.75 Å². The molecule has 0 fully saturated rings. The molecule has 0 amide bonds. The van der Waals surface area contributed by atoms with Crippen molar-refractivity contribution in [3.05, 3.63) is 10.8 Å². The number of hydrogen-bond donors (Lipinski definition) is 1. The molecule has 1 heterocycles. The molecule has 12 heavy (non-hydrogen) atoms. The van der Waals surface area contributed by atoms with Gasteiger partial charge in [0.05, 0.1) is 6.20 Å². The average molecular weight is 245 g/mol. The Morgan fingerprint density at radius 2 is 2.17 bits per heavy atom. The molecule has 0 aliphatic carbocycles. The van der Waals surface area contributed by atoms with Gasteiger partial charge in [-0.3, -0.25) is 0 Å². The topological polar surface area (TPSA) is 38.1 Å². The number of aromatic nitrogens is 2. The summed E-state index contributed by atoms with van der Waals surface area (Å²) in [7, 11) is 0. The summed E-state index contributed by atoms with van der Waals surface area (Å²) in [4.78, 5) is 0. The van der Waals surface area contributed by atoms with Gasteiger partial charge >= 0.3 is 6.18 Å². The molecule has 0 unspecified atom stereocenters. The summed E-state index contributed by atoms with van der Waals surface area (Å²) in [6.45, 7) is -1.21. The van der Waals surface area contributed by atoms with Gasteiger partial charge in [0.25, 0.3) is 0 Å². The van der Waals surface area contributed by atoms with Crippen LogP contribution in [-0.2, 0) is 6.54 Å². The van der Waals surface area contributed by atoms with Gasteiger partial charge in [0, 0.05) is 0 Å². The first kappa shape index (κ1) is 9.37. The van der Waals surface area contributed by atoms with Crippen molar-refractivity contribution < 1.29 is 18.3 Å². The molecule has 0 saturated carbocycles. The largest absolute Gasteiger partial charge is 0.504 e. The summed E-state index contributed by atoms with van der Waals surface area (Å²) in [5.41, 5.74) is 0. The zero-order valence-corrected chi connectivity index (χ0v) is 7.22. The van der Waals surface area contributed by atoms with Gasteiger partial charge in [-0.15, -0.1) is 0 Å². The van der Waals surface area contributed by atoms with Gasteiger partial charge in [0.2, 0.25) is 0 Å². The number of halogens is 4. The van der Waals surface area contributed by atoms with E-state index in [1.54, 1.807) is 0 Å². The highest BCUT2D eigenvalue weighted by Crippen LogP contribution is 2.26. The highest BCUT2D eigenvalue weighted by Gasteiger charge is 2.29. The van der Waals surface area contributed by atoms with Gasteiger partial charge in [0.1, 0.15) is 11.1 Å². The third-order valence-electron chi connectivity index (χ3n) is 1.09. The molecule has 1 rings (SSSR count). The van der Waals surface area contributed by atoms with Crippen LogP contribution in [0.1, 0.15) is 0 Å². The van der Waals surface area contributed by atoms with Crippen molar-refractivity contribution in [1.82, 2.24) is 9.78 Å². The Balaban J connectivity index is 2.83. The van der Waals surface area contributed by atoms with E-state index in [2.05, 4.69) is 21.0 Å². The lowest BCUT2D eigenvalue weighted by atomic mass is 10.6. The van der Waals surface area contributed by atoms with E-state index in [-0.39, 0.29) is 10.4 Å². The summed E-state index contributed by atoms with van der Waals surface area (Å²) in [6.07, 6.45) is -3.39. The van der Waals surface area contributed by atoms with Crippen molar-refractivity contribution >= 4 is 15.9 Å². The van der Waals surface area contributed by atoms with Crippen LogP contribution < -0.4 is 0 Å². The van der Waals surface area contributed by atoms with E-state index in [4.69, 9.17) is 5.11 Å². The minimum atomic E-state index is -4.33. The summed E-state index contributed by atoms with van der Waals surface area (Å²) in [5.74, 6) is -0.306. The second-order valence-electron chi connectivity index (χ2n) is 2.09. The van der Waals surface area contributed by atoms with Gasteiger partial charge in [0.15, 0.2) is 5.75 Å². The predicted molar refractivity (Wildman–Crippen MR) is 37.6 cm³/mol. The molecule has 7 heteroatoms. The van der Waals surface area contributed by atoms with Gasteiger partial charge in [-0.2, -0.15) is 18.3 Å². The molecule has 0 aliphatic rings. The minimum Gasteiger partial charge on any atom is -0.504 e. The smallest absolute Gasteiger partial charge is 0.408 e. The summed E-state index contributed by atoms with van der Waals surface area (Å²) >= 11 is 2.75. The molecular weight excluding hydrogens is 241 g/mol. The number of nitrogens with zero attached hydrogens (tertiary/aromatic N) is 2. The van der Waals surface area contributed by atoms with E-state index in [0.717, 1.165) is 6.20 Å². The lowest BCUT2D eigenvalue weighted by molar-refractivity contribution is -0.143. The predicted octanol–water partition coefficient (Wildman–Crippen LogP) is 1.91. The Hall–Kier alpha value is -0.720. The molecule has 0 radical (unpaired) electrons. The molecule has 0 atom stereocenters. The molecule has 3 nitrogen and oxygen atoms in total. The van der Waals surface area contributed by atoms with E-state index in [0.29, 0.717) is 4.68 Å². The Bertz CT molecular complexity index is 283. The van der Waals surface area contributed by atoms with Crippen LogP contribution in [0.4, 0.5) is 13.2 Å². The number of hydrogen-bond acceptors (Lipinski definition) is 2. The van der Waals surface area contributed by atoms with Gasteiger partial charge in [-0.1, -0.05) is 0 Å². The fourth-order valence-corrected chi connectivity index (χ4v) is 0.960. The highest BCUT2D eigenvalue weighted by atomic mass is 79.9. The Morgan fingerprint density at radius 3 is 2.50 bits per heavy atom. The molecule has 0 aromatic carbocycles. The maximum Gasteiger partial charge on any atom is 0.408 e. The fraction of sp³-hybridized carbons (Fsp3) is 0.400. The fourth-order valence-electron chi connectivity index (χ4n) is 0.641. The Labute approximate surface area is 73.9 Å². The van der Waals surface area contributed by atoms with Crippen LogP contribution in [0.3, 0.4) is 0 Å². The van der Waals surface area contributed by atoms with Crippen LogP contribution in [0.2, 0.25) is 0 Å². The molecule has 0 saturated heterocycles. The number of aromatic hydroxyl groups is 1. The van der Waals surface area contributed by atoms with Crippen molar-refractivity contribution in [3.63, 3.8) is 0 Å². The van der Waals surface area contributed by atoms with Crippen molar-refractivity contribution in [2.75, 3.05) is 0 Å². The van der Waals surface area contributed by atoms with E-state index in [9.17, 15) is 13.2 Å². The zero-order valence-electron chi connectivity index (χ0n) is 5.64. The van der Waals surface area contributed by atoms with E-state index in [1.165, 1.54) is 0 Å². The molecule has 1 aromatic heterocycles. The maximum atomic E-state index is 11.8. The monoisotopic (exact) mass is 244 g/mol. The van der Waals surface area contributed by atoms with Crippen LogP contribution in [0.25, 0.3) is 0 Å². The molecule has 1 N–H and O–H groups in total. The quantitative estimate of drug-likeness (QED) is 0.820. The van der Waals surface area contributed by atoms with Crippen molar-refractivity contribution in [1.29, 1.82) is 0 Å². The number of rotatable bonds is 1. The third-order valence-corrected chi connectivity index (χ3v) is 1.90. The molecule has 68 valence electrons. The van der Waals surface area contributed by atoms with Crippen LogP contribution in [0, 0.1) is 0 Å². The minimum absolute atomic E-state index is 0.0696.